The zero-order valence-corrected chi connectivity index (χ0v) is 16.5. The fraction of sp³-hybridized carbons (Fsp3) is 0.316. The van der Waals surface area contributed by atoms with Gasteiger partial charge in [-0.1, -0.05) is 11.2 Å². The highest BCUT2D eigenvalue weighted by Gasteiger charge is 2.16. The Hall–Kier alpha value is -3.69. The van der Waals surface area contributed by atoms with Crippen LogP contribution in [-0.2, 0) is 17.9 Å². The van der Waals surface area contributed by atoms with Crippen molar-refractivity contribution in [1.82, 2.24) is 24.8 Å². The summed E-state index contributed by atoms with van der Waals surface area (Å²) < 4.78 is 11.9. The molecule has 3 heterocycles. The number of nitrogens with zero attached hydrogens (tertiary/aromatic N) is 5. The number of hydrogen-bond donors (Lipinski definition) is 1. The molecule has 10 nitrogen and oxygen atoms in total. The number of anilines is 1. The number of aldehydes is 1. The van der Waals surface area contributed by atoms with E-state index in [1.807, 2.05) is 13.8 Å². The predicted octanol–water partition coefficient (Wildman–Crippen LogP) is 2.17. The number of hydrogen-bond acceptors (Lipinski definition) is 7. The van der Waals surface area contributed by atoms with Crippen LogP contribution in [0.4, 0.5) is 10.5 Å². The number of rotatable bonds is 8. The van der Waals surface area contributed by atoms with Gasteiger partial charge in [-0.15, -0.1) is 0 Å². The van der Waals surface area contributed by atoms with Crippen molar-refractivity contribution in [2.75, 3.05) is 19.0 Å². The van der Waals surface area contributed by atoms with E-state index in [1.54, 1.807) is 35.3 Å². The maximum atomic E-state index is 12.6. The Bertz CT molecular complexity index is 977. The second-order valence-corrected chi connectivity index (χ2v) is 6.38. The first kappa shape index (κ1) is 20.1. The zero-order valence-electron chi connectivity index (χ0n) is 16.5. The Morgan fingerprint density at radius 2 is 2.21 bits per heavy atom. The normalized spacial score (nSPS) is 10.6. The summed E-state index contributed by atoms with van der Waals surface area (Å²) in [4.78, 5) is 29.3. The third-order valence-electron chi connectivity index (χ3n) is 4.31. The lowest BCUT2D eigenvalue weighted by atomic mass is 10.2. The van der Waals surface area contributed by atoms with Crippen LogP contribution in [0.25, 0.3) is 0 Å². The minimum absolute atomic E-state index is 0.0715. The summed E-state index contributed by atoms with van der Waals surface area (Å²) in [6.45, 7) is 4.27. The summed E-state index contributed by atoms with van der Waals surface area (Å²) in [5, 5.41) is 10.9. The number of ether oxygens (including phenoxy) is 1. The van der Waals surface area contributed by atoms with Gasteiger partial charge in [-0.25, -0.2) is 9.78 Å². The summed E-state index contributed by atoms with van der Waals surface area (Å²) in [5.41, 5.74) is 2.86. The number of amides is 2. The average molecular weight is 398 g/mol. The molecule has 3 aromatic rings. The van der Waals surface area contributed by atoms with Crippen LogP contribution in [0.15, 0.2) is 35.1 Å². The van der Waals surface area contributed by atoms with Gasteiger partial charge in [0, 0.05) is 17.8 Å². The Kier molecular flexibility index (Phi) is 6.22. The van der Waals surface area contributed by atoms with Crippen molar-refractivity contribution in [3.05, 3.63) is 53.3 Å². The maximum Gasteiger partial charge on any atom is 0.322 e. The summed E-state index contributed by atoms with van der Waals surface area (Å²) in [5.74, 6) is 1.17. The van der Waals surface area contributed by atoms with Crippen LogP contribution in [0.5, 0.6) is 5.88 Å². The van der Waals surface area contributed by atoms with Gasteiger partial charge >= 0.3 is 6.03 Å². The van der Waals surface area contributed by atoms with Crippen molar-refractivity contribution in [3.8, 4) is 5.88 Å². The molecule has 0 radical (unpaired) electrons. The lowest BCUT2D eigenvalue weighted by Crippen LogP contribution is -2.36. The first-order chi connectivity index (χ1) is 14.0. The molecule has 0 spiro atoms. The van der Waals surface area contributed by atoms with Crippen LogP contribution in [0.1, 0.15) is 22.7 Å². The molecule has 0 aliphatic rings. The van der Waals surface area contributed by atoms with Crippen LogP contribution in [0.3, 0.4) is 0 Å². The lowest BCUT2D eigenvalue weighted by molar-refractivity contribution is -0.108. The summed E-state index contributed by atoms with van der Waals surface area (Å²) in [6.07, 6.45) is 3.91. The van der Waals surface area contributed by atoms with Crippen molar-refractivity contribution in [3.63, 3.8) is 0 Å². The monoisotopic (exact) mass is 398 g/mol. The van der Waals surface area contributed by atoms with Gasteiger partial charge in [0.25, 0.3) is 0 Å². The Morgan fingerprint density at radius 1 is 1.38 bits per heavy atom. The molecule has 0 atom stereocenters. The molecule has 3 aromatic heterocycles. The molecule has 0 bridgehead atoms. The number of urea groups is 1. The number of nitrogens with one attached hydrogen (secondary N) is 1. The summed E-state index contributed by atoms with van der Waals surface area (Å²) in [7, 11) is 1.52. The Morgan fingerprint density at radius 3 is 2.90 bits per heavy atom. The highest BCUT2D eigenvalue weighted by Crippen LogP contribution is 2.16. The number of methoxy groups -OCH3 is 1. The van der Waals surface area contributed by atoms with Crippen LogP contribution >= 0.6 is 0 Å². The third-order valence-corrected chi connectivity index (χ3v) is 4.31. The van der Waals surface area contributed by atoms with E-state index in [0.29, 0.717) is 30.1 Å². The van der Waals surface area contributed by atoms with Crippen molar-refractivity contribution in [2.45, 2.75) is 26.9 Å². The second kappa shape index (κ2) is 9.00. The first-order valence-electron chi connectivity index (χ1n) is 8.94. The lowest BCUT2D eigenvalue weighted by Gasteiger charge is -2.20. The minimum Gasteiger partial charge on any atom is -0.481 e. The van der Waals surface area contributed by atoms with E-state index in [2.05, 4.69) is 20.6 Å². The first-order valence-corrected chi connectivity index (χ1v) is 8.94. The smallest absolute Gasteiger partial charge is 0.322 e. The maximum absolute atomic E-state index is 12.6. The van der Waals surface area contributed by atoms with E-state index >= 15 is 0 Å². The van der Waals surface area contributed by atoms with E-state index in [9.17, 15) is 9.59 Å². The van der Waals surface area contributed by atoms with Crippen LogP contribution in [-0.4, -0.2) is 50.8 Å². The summed E-state index contributed by atoms with van der Waals surface area (Å²) >= 11 is 0. The quantitative estimate of drug-likeness (QED) is 0.578. The number of pyridine rings is 1. The molecule has 1 N–H and O–H groups in total. The topological polar surface area (TPSA) is 115 Å². The standard InChI is InChI=1S/C19H22N6O4/c1-13-17(14(2)29-23-13)12-25-11-16(9-20-25)22-19(27)24(7-8-26)10-15-5-4-6-18(21-15)28-3/h4-6,8-9,11H,7,10,12H2,1-3H3,(H,22,27). The van der Waals surface area contributed by atoms with Crippen molar-refractivity contribution in [2.24, 2.45) is 0 Å². The molecule has 29 heavy (non-hydrogen) atoms. The molecule has 0 unspecified atom stereocenters. The van der Waals surface area contributed by atoms with Crippen molar-refractivity contribution < 1.29 is 18.8 Å². The molecule has 0 saturated carbocycles. The van der Waals surface area contributed by atoms with E-state index in [-0.39, 0.29) is 13.1 Å². The fourth-order valence-electron chi connectivity index (χ4n) is 2.77. The number of aromatic nitrogens is 4. The SMILES string of the molecule is COc1cccc(CN(CC=O)C(=O)Nc2cnn(Cc3c(C)noc3C)c2)n1. The average Bonchev–Trinajstić information content (AvgIpc) is 3.29. The largest absolute Gasteiger partial charge is 0.481 e. The van der Waals surface area contributed by atoms with Crippen LogP contribution < -0.4 is 10.1 Å². The highest BCUT2D eigenvalue weighted by molar-refractivity contribution is 5.90. The molecule has 0 aliphatic carbocycles. The van der Waals surface area contributed by atoms with Crippen molar-refractivity contribution in [1.29, 1.82) is 0 Å². The number of aryl methyl sites for hydroxylation is 2. The molecule has 0 saturated heterocycles. The van der Waals surface area contributed by atoms with Gasteiger partial charge in [-0.05, 0) is 19.9 Å². The minimum atomic E-state index is -0.432. The zero-order chi connectivity index (χ0) is 20.8. The van der Waals surface area contributed by atoms with E-state index in [4.69, 9.17) is 9.26 Å². The van der Waals surface area contributed by atoms with Gasteiger partial charge in [-0.2, -0.15) is 5.10 Å². The molecular weight excluding hydrogens is 376 g/mol. The molecule has 0 aliphatic heterocycles. The Labute approximate surface area is 167 Å². The van der Waals surface area contributed by atoms with Gasteiger partial charge in [-0.3, -0.25) is 4.68 Å². The second-order valence-electron chi connectivity index (χ2n) is 6.38. The Balaban J connectivity index is 1.66. The predicted molar refractivity (Wildman–Crippen MR) is 104 cm³/mol. The highest BCUT2D eigenvalue weighted by atomic mass is 16.5. The van der Waals surface area contributed by atoms with Crippen LogP contribution in [0.2, 0.25) is 0 Å². The summed E-state index contributed by atoms with van der Waals surface area (Å²) in [6, 6.07) is 4.81. The van der Waals surface area contributed by atoms with Crippen molar-refractivity contribution >= 4 is 18.0 Å². The van der Waals surface area contributed by atoms with E-state index in [1.165, 1.54) is 12.0 Å². The van der Waals surface area contributed by atoms with Crippen LogP contribution in [0, 0.1) is 13.8 Å². The van der Waals surface area contributed by atoms with E-state index in [0.717, 1.165) is 17.0 Å². The van der Waals surface area contributed by atoms with Gasteiger partial charge in [0.1, 0.15) is 12.0 Å². The van der Waals surface area contributed by atoms with Gasteiger partial charge < -0.3 is 24.3 Å². The molecule has 0 fully saturated rings. The molecule has 10 heteroatoms. The van der Waals surface area contributed by atoms with E-state index < -0.39 is 6.03 Å². The fourth-order valence-corrected chi connectivity index (χ4v) is 2.77. The molecule has 0 aromatic carbocycles. The molecule has 152 valence electrons. The van der Waals surface area contributed by atoms with Gasteiger partial charge in [0.2, 0.25) is 5.88 Å². The number of carbonyl (C=O) groups excluding carboxylic acids is 2. The molecular formula is C19H22N6O4. The third kappa shape index (κ3) is 4.98. The molecule has 3 rings (SSSR count). The van der Waals surface area contributed by atoms with Gasteiger partial charge in [0.15, 0.2) is 0 Å². The van der Waals surface area contributed by atoms with Gasteiger partial charge in [0.05, 0.1) is 50.0 Å². The molecule has 2 amide bonds. The number of carbonyl (C=O) groups is 2.